The van der Waals surface area contributed by atoms with E-state index in [1.165, 1.54) is 6.26 Å². The molecule has 1 aliphatic heterocycles. The van der Waals surface area contributed by atoms with E-state index in [4.69, 9.17) is 4.42 Å². The number of nitrogens with zero attached hydrogens (tertiary/aromatic N) is 1. The van der Waals surface area contributed by atoms with E-state index in [1.54, 1.807) is 17.0 Å². The lowest BCUT2D eigenvalue weighted by molar-refractivity contribution is 0.0963. The molecule has 5 rings (SSSR count). The number of anilines is 2. The molecule has 6 nitrogen and oxygen atoms in total. The van der Waals surface area contributed by atoms with Crippen molar-refractivity contribution < 1.29 is 14.0 Å². The van der Waals surface area contributed by atoms with E-state index < -0.39 is 0 Å². The van der Waals surface area contributed by atoms with Gasteiger partial charge in [0, 0.05) is 24.5 Å². The normalized spacial score (nSPS) is 12.6. The Hall–Kier alpha value is -4.06. The van der Waals surface area contributed by atoms with Crippen LogP contribution in [0.5, 0.6) is 0 Å². The maximum Gasteiger partial charge on any atom is 0.319 e. The van der Waals surface area contributed by atoms with Crippen molar-refractivity contribution in [1.82, 2.24) is 5.32 Å². The Kier molecular flexibility index (Phi) is 4.88. The minimum atomic E-state index is -0.296. The largest absolute Gasteiger partial charge is 0.459 e. The maximum atomic E-state index is 12.7. The average molecular weight is 411 g/mol. The Labute approximate surface area is 179 Å². The molecule has 3 aromatic carbocycles. The van der Waals surface area contributed by atoms with E-state index in [9.17, 15) is 9.59 Å². The van der Waals surface area contributed by atoms with Gasteiger partial charge in [0.1, 0.15) is 0 Å². The number of carbonyl (C=O) groups is 2. The zero-order chi connectivity index (χ0) is 21.2. The Balaban J connectivity index is 1.28. The molecule has 0 saturated heterocycles. The monoisotopic (exact) mass is 411 g/mol. The number of fused-ring (bicyclic) bond motifs is 2. The van der Waals surface area contributed by atoms with E-state index in [0.29, 0.717) is 24.5 Å². The molecule has 0 spiro atoms. The van der Waals surface area contributed by atoms with Gasteiger partial charge in [-0.3, -0.25) is 4.79 Å². The molecule has 154 valence electrons. The van der Waals surface area contributed by atoms with Crippen LogP contribution in [-0.2, 0) is 13.0 Å². The summed E-state index contributed by atoms with van der Waals surface area (Å²) in [6.45, 7) is 1.01. The fraction of sp³-hybridized carbons (Fsp3) is 0.120. The Morgan fingerprint density at radius 3 is 2.71 bits per heavy atom. The number of hydrogen-bond acceptors (Lipinski definition) is 3. The Morgan fingerprint density at radius 2 is 1.84 bits per heavy atom. The zero-order valence-corrected chi connectivity index (χ0v) is 16.8. The van der Waals surface area contributed by atoms with Gasteiger partial charge in [0.25, 0.3) is 5.91 Å². The van der Waals surface area contributed by atoms with Crippen LogP contribution in [0.1, 0.15) is 21.7 Å². The summed E-state index contributed by atoms with van der Waals surface area (Å²) in [4.78, 5) is 26.9. The van der Waals surface area contributed by atoms with E-state index in [2.05, 4.69) is 28.8 Å². The summed E-state index contributed by atoms with van der Waals surface area (Å²) in [6, 6.07) is 22.8. The summed E-state index contributed by atoms with van der Waals surface area (Å²) in [5, 5.41) is 8.05. The molecule has 0 fully saturated rings. The second kappa shape index (κ2) is 7.99. The second-order valence-corrected chi connectivity index (χ2v) is 7.47. The zero-order valence-electron chi connectivity index (χ0n) is 16.8. The molecule has 0 unspecified atom stereocenters. The molecular weight excluding hydrogens is 390 g/mol. The van der Waals surface area contributed by atoms with Gasteiger partial charge in [0.2, 0.25) is 0 Å². The van der Waals surface area contributed by atoms with Crippen molar-refractivity contribution in [1.29, 1.82) is 0 Å². The van der Waals surface area contributed by atoms with Gasteiger partial charge in [-0.25, -0.2) is 4.79 Å². The molecular formula is C25H21N3O3. The second-order valence-electron chi connectivity index (χ2n) is 7.47. The van der Waals surface area contributed by atoms with Crippen molar-refractivity contribution in [2.24, 2.45) is 0 Å². The molecule has 2 N–H and O–H groups in total. The molecule has 0 radical (unpaired) electrons. The topological polar surface area (TPSA) is 74.6 Å². The molecule has 1 aromatic heterocycles. The van der Waals surface area contributed by atoms with Gasteiger partial charge in [-0.2, -0.15) is 0 Å². The highest BCUT2D eigenvalue weighted by atomic mass is 16.3. The van der Waals surface area contributed by atoms with Gasteiger partial charge in [-0.15, -0.1) is 0 Å². The first-order chi connectivity index (χ1) is 15.2. The number of carbonyl (C=O) groups excluding carboxylic acids is 2. The first-order valence-electron chi connectivity index (χ1n) is 10.2. The molecule has 3 amide bonds. The van der Waals surface area contributed by atoms with Crippen LogP contribution in [0.15, 0.2) is 83.5 Å². The quantitative estimate of drug-likeness (QED) is 0.499. The predicted molar refractivity (Wildman–Crippen MR) is 120 cm³/mol. The SMILES string of the molecule is O=C(NCc1cccc2ccccc12)Nc1ccc2c(c1)N(C(=O)c1ccco1)CC2. The highest BCUT2D eigenvalue weighted by Gasteiger charge is 2.27. The molecule has 4 aromatic rings. The molecule has 6 heteroatoms. The minimum absolute atomic E-state index is 0.179. The third-order valence-corrected chi connectivity index (χ3v) is 5.54. The van der Waals surface area contributed by atoms with Gasteiger partial charge in [0.05, 0.1) is 6.26 Å². The molecule has 0 saturated carbocycles. The smallest absolute Gasteiger partial charge is 0.319 e. The van der Waals surface area contributed by atoms with Crippen LogP contribution in [0.2, 0.25) is 0 Å². The third-order valence-electron chi connectivity index (χ3n) is 5.54. The van der Waals surface area contributed by atoms with Crippen LogP contribution in [0.3, 0.4) is 0 Å². The van der Waals surface area contributed by atoms with Crippen molar-refractivity contribution in [3.05, 3.63) is 95.9 Å². The summed E-state index contributed by atoms with van der Waals surface area (Å²) >= 11 is 0. The van der Waals surface area contributed by atoms with Crippen molar-refractivity contribution in [3.63, 3.8) is 0 Å². The molecule has 0 aliphatic carbocycles. The number of urea groups is 1. The van der Waals surface area contributed by atoms with Gasteiger partial charge in [0.15, 0.2) is 5.76 Å². The van der Waals surface area contributed by atoms with E-state index in [0.717, 1.165) is 34.0 Å². The minimum Gasteiger partial charge on any atom is -0.459 e. The highest BCUT2D eigenvalue weighted by Crippen LogP contribution is 2.32. The average Bonchev–Trinajstić information content (AvgIpc) is 3.47. The predicted octanol–water partition coefficient (Wildman–Crippen LogP) is 4.96. The van der Waals surface area contributed by atoms with Gasteiger partial charge < -0.3 is 20.0 Å². The van der Waals surface area contributed by atoms with E-state index in [-0.39, 0.29) is 11.9 Å². The fourth-order valence-electron chi connectivity index (χ4n) is 4.00. The van der Waals surface area contributed by atoms with Crippen molar-refractivity contribution >= 4 is 34.1 Å². The lowest BCUT2D eigenvalue weighted by Gasteiger charge is -2.17. The summed E-state index contributed by atoms with van der Waals surface area (Å²) < 4.78 is 5.25. The standard InChI is InChI=1S/C25H21N3O3/c29-24(23-9-4-14-31-23)28-13-12-18-10-11-20(15-22(18)28)27-25(30)26-16-19-7-3-6-17-5-1-2-8-21(17)19/h1-11,14-15H,12-13,16H2,(H2,26,27,30). The van der Waals surface area contributed by atoms with Crippen LogP contribution < -0.4 is 15.5 Å². The highest BCUT2D eigenvalue weighted by molar-refractivity contribution is 6.06. The van der Waals surface area contributed by atoms with Crippen LogP contribution >= 0.6 is 0 Å². The number of rotatable bonds is 4. The van der Waals surface area contributed by atoms with Crippen molar-refractivity contribution in [2.75, 3.05) is 16.8 Å². The molecule has 31 heavy (non-hydrogen) atoms. The third kappa shape index (κ3) is 3.75. The lowest BCUT2D eigenvalue weighted by Crippen LogP contribution is -2.29. The Morgan fingerprint density at radius 1 is 0.968 bits per heavy atom. The summed E-state index contributed by atoms with van der Waals surface area (Å²) in [7, 11) is 0. The van der Waals surface area contributed by atoms with Gasteiger partial charge in [-0.1, -0.05) is 48.5 Å². The van der Waals surface area contributed by atoms with Crippen LogP contribution in [0, 0.1) is 0 Å². The first-order valence-corrected chi connectivity index (χ1v) is 10.2. The number of amides is 3. The first kappa shape index (κ1) is 18.9. The summed E-state index contributed by atoms with van der Waals surface area (Å²) in [5.41, 5.74) is 3.56. The van der Waals surface area contributed by atoms with Crippen LogP contribution in [0.25, 0.3) is 10.8 Å². The molecule has 0 bridgehead atoms. The summed E-state index contributed by atoms with van der Waals surface area (Å²) in [6.07, 6.45) is 2.26. The van der Waals surface area contributed by atoms with E-state index in [1.807, 2.05) is 42.5 Å². The van der Waals surface area contributed by atoms with Crippen molar-refractivity contribution in [2.45, 2.75) is 13.0 Å². The Bertz CT molecular complexity index is 1260. The lowest BCUT2D eigenvalue weighted by atomic mass is 10.0. The fourth-order valence-corrected chi connectivity index (χ4v) is 4.00. The molecule has 0 atom stereocenters. The van der Waals surface area contributed by atoms with Gasteiger partial charge >= 0.3 is 6.03 Å². The van der Waals surface area contributed by atoms with Crippen LogP contribution in [0.4, 0.5) is 16.2 Å². The molecule has 1 aliphatic rings. The maximum absolute atomic E-state index is 12.7. The number of nitrogens with one attached hydrogen (secondary N) is 2. The van der Waals surface area contributed by atoms with E-state index >= 15 is 0 Å². The molecule has 2 heterocycles. The van der Waals surface area contributed by atoms with Gasteiger partial charge in [-0.05, 0) is 52.6 Å². The number of hydrogen-bond donors (Lipinski definition) is 2. The summed E-state index contributed by atoms with van der Waals surface area (Å²) in [5.74, 6) is 0.125. The van der Waals surface area contributed by atoms with Crippen LogP contribution in [-0.4, -0.2) is 18.5 Å². The number of benzene rings is 3. The van der Waals surface area contributed by atoms with Crippen molar-refractivity contribution in [3.8, 4) is 0 Å². The number of furan rings is 1.